The van der Waals surface area contributed by atoms with E-state index in [1.54, 1.807) is 0 Å². The highest BCUT2D eigenvalue weighted by atomic mass is 19.2. The van der Waals surface area contributed by atoms with Crippen LogP contribution in [0.3, 0.4) is 0 Å². The van der Waals surface area contributed by atoms with E-state index in [9.17, 15) is 18.4 Å². The lowest BCUT2D eigenvalue weighted by Crippen LogP contribution is -2.23. The van der Waals surface area contributed by atoms with Gasteiger partial charge < -0.3 is 10.4 Å². The van der Waals surface area contributed by atoms with Crippen molar-refractivity contribution in [1.82, 2.24) is 0 Å². The summed E-state index contributed by atoms with van der Waals surface area (Å²) in [7, 11) is 0. The molecule has 1 aromatic rings. The molecule has 2 rings (SSSR count). The first-order chi connectivity index (χ1) is 9.99. The fourth-order valence-electron chi connectivity index (χ4n) is 2.60. The molecule has 1 fully saturated rings. The second-order valence-corrected chi connectivity index (χ2v) is 5.29. The number of amides is 1. The Balaban J connectivity index is 2.19. The molecular weight excluding hydrogens is 280 g/mol. The first-order valence-electron chi connectivity index (χ1n) is 7.02. The van der Waals surface area contributed by atoms with Gasteiger partial charge in [0.1, 0.15) is 0 Å². The second-order valence-electron chi connectivity index (χ2n) is 5.29. The smallest absolute Gasteiger partial charge is 0.337 e. The van der Waals surface area contributed by atoms with Crippen molar-refractivity contribution >= 4 is 17.6 Å². The molecule has 1 aliphatic carbocycles. The molecule has 1 aliphatic rings. The summed E-state index contributed by atoms with van der Waals surface area (Å²) in [5, 5.41) is 11.4. The number of benzene rings is 1. The molecule has 4 nitrogen and oxygen atoms in total. The van der Waals surface area contributed by atoms with E-state index >= 15 is 0 Å². The number of carbonyl (C=O) groups excluding carboxylic acids is 1. The number of halogens is 2. The highest BCUT2D eigenvalue weighted by Gasteiger charge is 2.23. The van der Waals surface area contributed by atoms with Crippen molar-refractivity contribution in [2.75, 3.05) is 5.32 Å². The Bertz CT molecular complexity index is 552. The molecule has 0 aromatic heterocycles. The normalized spacial score (nSPS) is 16.3. The minimum Gasteiger partial charge on any atom is -0.478 e. The second kappa shape index (κ2) is 6.65. The number of carboxylic acids is 1. The highest BCUT2D eigenvalue weighted by Crippen LogP contribution is 2.26. The maximum atomic E-state index is 13.3. The van der Waals surface area contributed by atoms with Gasteiger partial charge in [-0.2, -0.15) is 0 Å². The minimum absolute atomic E-state index is 0.198. The SMILES string of the molecule is O=C(O)c1cc(F)c(F)cc1NC(=O)C1CCCCCC1. The van der Waals surface area contributed by atoms with Gasteiger partial charge in [-0.3, -0.25) is 4.79 Å². The summed E-state index contributed by atoms with van der Waals surface area (Å²) in [6.45, 7) is 0. The van der Waals surface area contributed by atoms with Crippen LogP contribution in [0, 0.1) is 17.6 Å². The van der Waals surface area contributed by atoms with Gasteiger partial charge in [0.25, 0.3) is 0 Å². The largest absolute Gasteiger partial charge is 0.478 e. The van der Waals surface area contributed by atoms with Gasteiger partial charge >= 0.3 is 5.97 Å². The van der Waals surface area contributed by atoms with E-state index in [1.165, 1.54) is 0 Å². The third kappa shape index (κ3) is 3.77. The summed E-state index contributed by atoms with van der Waals surface area (Å²) in [5.41, 5.74) is -0.647. The van der Waals surface area contributed by atoms with Crippen molar-refractivity contribution in [3.63, 3.8) is 0 Å². The van der Waals surface area contributed by atoms with E-state index in [2.05, 4.69) is 5.32 Å². The lowest BCUT2D eigenvalue weighted by molar-refractivity contribution is -0.120. The van der Waals surface area contributed by atoms with Crippen LogP contribution in [-0.2, 0) is 4.79 Å². The average Bonchev–Trinajstić information content (AvgIpc) is 2.71. The van der Waals surface area contributed by atoms with E-state index in [4.69, 9.17) is 5.11 Å². The summed E-state index contributed by atoms with van der Waals surface area (Å²) >= 11 is 0. The Labute approximate surface area is 121 Å². The van der Waals surface area contributed by atoms with Crippen LogP contribution in [0.25, 0.3) is 0 Å². The standard InChI is InChI=1S/C15H17F2NO3/c16-11-7-10(15(20)21)13(8-12(11)17)18-14(19)9-5-3-1-2-4-6-9/h7-9H,1-6H2,(H,18,19)(H,20,21). The number of nitrogens with one attached hydrogen (secondary N) is 1. The van der Waals surface area contributed by atoms with Crippen molar-refractivity contribution in [1.29, 1.82) is 0 Å². The van der Waals surface area contributed by atoms with Gasteiger partial charge in [-0.15, -0.1) is 0 Å². The van der Waals surface area contributed by atoms with Gasteiger partial charge in [0, 0.05) is 12.0 Å². The van der Waals surface area contributed by atoms with E-state index in [0.717, 1.165) is 38.5 Å². The number of hydrogen-bond donors (Lipinski definition) is 2. The zero-order chi connectivity index (χ0) is 15.4. The molecule has 0 heterocycles. The Morgan fingerprint density at radius 1 is 1.05 bits per heavy atom. The maximum Gasteiger partial charge on any atom is 0.337 e. The van der Waals surface area contributed by atoms with Gasteiger partial charge in [-0.1, -0.05) is 25.7 Å². The zero-order valence-corrected chi connectivity index (χ0v) is 11.5. The predicted molar refractivity (Wildman–Crippen MR) is 73.1 cm³/mol. The van der Waals surface area contributed by atoms with Gasteiger partial charge in [-0.05, 0) is 18.9 Å². The van der Waals surface area contributed by atoms with E-state index < -0.39 is 23.2 Å². The van der Waals surface area contributed by atoms with Gasteiger partial charge in [-0.25, -0.2) is 13.6 Å². The van der Waals surface area contributed by atoms with Crippen molar-refractivity contribution in [2.45, 2.75) is 38.5 Å². The molecule has 0 aliphatic heterocycles. The van der Waals surface area contributed by atoms with Gasteiger partial charge in [0.15, 0.2) is 11.6 Å². The fraction of sp³-hybridized carbons (Fsp3) is 0.467. The van der Waals surface area contributed by atoms with Crippen LogP contribution in [-0.4, -0.2) is 17.0 Å². The van der Waals surface area contributed by atoms with Crippen molar-refractivity contribution in [3.05, 3.63) is 29.3 Å². The molecule has 2 N–H and O–H groups in total. The third-order valence-corrected chi connectivity index (χ3v) is 3.77. The lowest BCUT2D eigenvalue weighted by atomic mass is 9.99. The van der Waals surface area contributed by atoms with E-state index in [0.29, 0.717) is 12.1 Å². The summed E-state index contributed by atoms with van der Waals surface area (Å²) < 4.78 is 26.4. The molecule has 1 amide bonds. The van der Waals surface area contributed by atoms with Crippen LogP contribution >= 0.6 is 0 Å². The highest BCUT2D eigenvalue weighted by molar-refractivity contribution is 6.01. The van der Waals surface area contributed by atoms with Crippen molar-refractivity contribution in [2.24, 2.45) is 5.92 Å². The van der Waals surface area contributed by atoms with E-state index in [-0.39, 0.29) is 17.5 Å². The molecule has 0 bridgehead atoms. The Morgan fingerprint density at radius 2 is 1.62 bits per heavy atom. The number of rotatable bonds is 3. The fourth-order valence-corrected chi connectivity index (χ4v) is 2.60. The van der Waals surface area contributed by atoms with Crippen molar-refractivity contribution in [3.8, 4) is 0 Å². The van der Waals surface area contributed by atoms with E-state index in [1.807, 2.05) is 0 Å². The predicted octanol–water partition coefficient (Wildman–Crippen LogP) is 3.57. The first kappa shape index (κ1) is 15.4. The van der Waals surface area contributed by atoms with Crippen LogP contribution in [0.1, 0.15) is 48.9 Å². The molecule has 0 unspecified atom stereocenters. The molecule has 0 spiro atoms. The molecule has 114 valence electrons. The minimum atomic E-state index is -1.41. The Morgan fingerprint density at radius 3 is 2.19 bits per heavy atom. The summed E-state index contributed by atoms with van der Waals surface area (Å²) in [6.07, 6.45) is 5.52. The lowest BCUT2D eigenvalue weighted by Gasteiger charge is -2.15. The first-order valence-corrected chi connectivity index (χ1v) is 7.02. The topological polar surface area (TPSA) is 66.4 Å². The zero-order valence-electron chi connectivity index (χ0n) is 11.5. The van der Waals surface area contributed by atoms with Crippen molar-refractivity contribution < 1.29 is 23.5 Å². The molecule has 1 aromatic carbocycles. The number of carbonyl (C=O) groups is 2. The molecule has 1 saturated carbocycles. The Kier molecular flexibility index (Phi) is 4.88. The van der Waals surface area contributed by atoms with Gasteiger partial charge in [0.05, 0.1) is 11.3 Å². The Hall–Kier alpha value is -1.98. The van der Waals surface area contributed by atoms with Crippen LogP contribution in [0.2, 0.25) is 0 Å². The number of anilines is 1. The molecule has 21 heavy (non-hydrogen) atoms. The molecule has 6 heteroatoms. The molecular formula is C15H17F2NO3. The molecule has 0 radical (unpaired) electrons. The van der Waals surface area contributed by atoms with Crippen LogP contribution in [0.5, 0.6) is 0 Å². The maximum absolute atomic E-state index is 13.3. The van der Waals surface area contributed by atoms with Gasteiger partial charge in [0.2, 0.25) is 5.91 Å². The number of aromatic carboxylic acids is 1. The number of carboxylic acid groups (broad SMARTS) is 1. The van der Waals surface area contributed by atoms with Crippen LogP contribution in [0.4, 0.5) is 14.5 Å². The molecule has 0 atom stereocenters. The molecule has 0 saturated heterocycles. The summed E-state index contributed by atoms with van der Waals surface area (Å²) in [5.74, 6) is -4.38. The number of hydrogen-bond acceptors (Lipinski definition) is 2. The average molecular weight is 297 g/mol. The summed E-state index contributed by atoms with van der Waals surface area (Å²) in [6, 6.07) is 1.30. The third-order valence-electron chi connectivity index (χ3n) is 3.77. The quantitative estimate of drug-likeness (QED) is 0.838. The monoisotopic (exact) mass is 297 g/mol. The van der Waals surface area contributed by atoms with Crippen LogP contribution in [0.15, 0.2) is 12.1 Å². The van der Waals surface area contributed by atoms with Crippen LogP contribution < -0.4 is 5.32 Å². The summed E-state index contributed by atoms with van der Waals surface area (Å²) in [4.78, 5) is 23.2.